The Kier molecular flexibility index (Phi) is 4.10. The van der Waals surface area contributed by atoms with Crippen molar-refractivity contribution in [3.63, 3.8) is 0 Å². The van der Waals surface area contributed by atoms with E-state index in [1.54, 1.807) is 0 Å². The number of hydrogen-bond donors (Lipinski definition) is 1. The van der Waals surface area contributed by atoms with Crippen LogP contribution in [0.15, 0.2) is 0 Å². The standard InChI is InChI=1S/C7H14ClNO/c8-9-10-6-7-4-2-1-3-5-7/h7,9H,1-6H2. The smallest absolute Gasteiger partial charge is 0.0725 e. The van der Waals surface area contributed by atoms with E-state index in [9.17, 15) is 0 Å². The summed E-state index contributed by atoms with van der Waals surface area (Å²) in [5, 5.41) is 0. The first kappa shape index (κ1) is 8.31. The van der Waals surface area contributed by atoms with Crippen LogP contribution >= 0.6 is 11.8 Å². The SMILES string of the molecule is ClNOCC1CCCCC1. The summed E-state index contributed by atoms with van der Waals surface area (Å²) in [6.45, 7) is 0.767. The van der Waals surface area contributed by atoms with Crippen LogP contribution in [-0.2, 0) is 4.84 Å². The molecule has 0 aliphatic heterocycles. The van der Waals surface area contributed by atoms with Crippen molar-refractivity contribution in [2.24, 2.45) is 5.92 Å². The zero-order valence-electron chi connectivity index (χ0n) is 6.11. The van der Waals surface area contributed by atoms with Gasteiger partial charge in [-0.15, -0.1) is 5.00 Å². The fraction of sp³-hybridized carbons (Fsp3) is 1.00. The molecule has 3 heteroatoms. The van der Waals surface area contributed by atoms with E-state index in [2.05, 4.69) is 5.00 Å². The Bertz CT molecular complexity index is 83.7. The van der Waals surface area contributed by atoms with Crippen LogP contribution in [-0.4, -0.2) is 6.61 Å². The summed E-state index contributed by atoms with van der Waals surface area (Å²) in [7, 11) is 0. The highest BCUT2D eigenvalue weighted by Gasteiger charge is 2.12. The predicted molar refractivity (Wildman–Crippen MR) is 41.5 cm³/mol. The van der Waals surface area contributed by atoms with Gasteiger partial charge < -0.3 is 0 Å². The zero-order chi connectivity index (χ0) is 7.23. The fourth-order valence-electron chi connectivity index (χ4n) is 1.50. The topological polar surface area (TPSA) is 21.3 Å². The summed E-state index contributed by atoms with van der Waals surface area (Å²) in [5.41, 5.74) is 0. The molecule has 0 aromatic rings. The van der Waals surface area contributed by atoms with Crippen LogP contribution in [0, 0.1) is 5.92 Å². The third kappa shape index (κ3) is 2.86. The minimum atomic E-state index is 0.736. The van der Waals surface area contributed by atoms with Gasteiger partial charge in [-0.25, -0.2) is 0 Å². The molecule has 60 valence electrons. The van der Waals surface area contributed by atoms with Crippen molar-refractivity contribution in [2.45, 2.75) is 32.1 Å². The van der Waals surface area contributed by atoms with Crippen molar-refractivity contribution in [3.05, 3.63) is 0 Å². The van der Waals surface area contributed by atoms with Gasteiger partial charge in [-0.1, -0.05) is 19.3 Å². The van der Waals surface area contributed by atoms with E-state index in [4.69, 9.17) is 16.6 Å². The maximum atomic E-state index is 5.15. The molecule has 1 saturated carbocycles. The molecule has 1 rings (SSSR count). The van der Waals surface area contributed by atoms with Gasteiger partial charge in [0, 0.05) is 11.8 Å². The predicted octanol–water partition coefficient (Wildman–Crippen LogP) is 2.24. The van der Waals surface area contributed by atoms with Crippen molar-refractivity contribution in [1.82, 2.24) is 5.00 Å². The second-order valence-corrected chi connectivity index (χ2v) is 3.05. The molecule has 1 N–H and O–H groups in total. The molecule has 10 heavy (non-hydrogen) atoms. The van der Waals surface area contributed by atoms with Crippen molar-refractivity contribution < 1.29 is 4.84 Å². The monoisotopic (exact) mass is 163 g/mol. The minimum Gasteiger partial charge on any atom is -0.286 e. The Morgan fingerprint density at radius 1 is 1.30 bits per heavy atom. The summed E-state index contributed by atoms with van der Waals surface area (Å²) in [6, 6.07) is 0. The van der Waals surface area contributed by atoms with Gasteiger partial charge in [-0.2, -0.15) is 0 Å². The van der Waals surface area contributed by atoms with E-state index in [0.717, 1.165) is 12.5 Å². The first-order chi connectivity index (χ1) is 4.93. The van der Waals surface area contributed by atoms with Gasteiger partial charge >= 0.3 is 0 Å². The van der Waals surface area contributed by atoms with Gasteiger partial charge in [0.15, 0.2) is 0 Å². The third-order valence-electron chi connectivity index (χ3n) is 2.10. The fourth-order valence-corrected chi connectivity index (χ4v) is 1.57. The van der Waals surface area contributed by atoms with Crippen molar-refractivity contribution in [3.8, 4) is 0 Å². The average Bonchev–Trinajstić information content (AvgIpc) is 2.03. The second kappa shape index (κ2) is 4.94. The molecule has 0 atom stereocenters. The Morgan fingerprint density at radius 3 is 2.60 bits per heavy atom. The highest BCUT2D eigenvalue weighted by Crippen LogP contribution is 2.23. The molecule has 0 unspecified atom stereocenters. The largest absolute Gasteiger partial charge is 0.286 e. The molecule has 0 radical (unpaired) electrons. The summed E-state index contributed by atoms with van der Waals surface area (Å²) >= 11 is 5.15. The molecule has 0 heterocycles. The van der Waals surface area contributed by atoms with Gasteiger partial charge in [0.05, 0.1) is 6.61 Å². The van der Waals surface area contributed by atoms with Crippen molar-refractivity contribution in [1.29, 1.82) is 0 Å². The number of rotatable bonds is 3. The molecular formula is C7H14ClNO. The maximum absolute atomic E-state index is 5.15. The summed E-state index contributed by atoms with van der Waals surface area (Å²) in [5.74, 6) is 0.736. The van der Waals surface area contributed by atoms with E-state index >= 15 is 0 Å². The van der Waals surface area contributed by atoms with Crippen LogP contribution in [0.5, 0.6) is 0 Å². The number of halogens is 1. The molecule has 2 nitrogen and oxygen atoms in total. The Hall–Kier alpha value is 0.210. The summed E-state index contributed by atoms with van der Waals surface area (Å²) in [4.78, 5) is 7.08. The Labute approximate surface area is 67.0 Å². The van der Waals surface area contributed by atoms with E-state index in [-0.39, 0.29) is 0 Å². The van der Waals surface area contributed by atoms with E-state index in [0.29, 0.717) is 0 Å². The van der Waals surface area contributed by atoms with Gasteiger partial charge in [0.1, 0.15) is 0 Å². The van der Waals surface area contributed by atoms with Crippen LogP contribution in [0.3, 0.4) is 0 Å². The molecule has 1 aliphatic rings. The Balaban J connectivity index is 2.02. The molecule has 0 amide bonds. The molecular weight excluding hydrogens is 150 g/mol. The molecule has 1 aliphatic carbocycles. The van der Waals surface area contributed by atoms with E-state index in [1.807, 2.05) is 0 Å². The highest BCUT2D eigenvalue weighted by atomic mass is 35.5. The van der Waals surface area contributed by atoms with Crippen LogP contribution in [0.25, 0.3) is 0 Å². The lowest BCUT2D eigenvalue weighted by Crippen LogP contribution is -2.16. The molecule has 0 aromatic heterocycles. The molecule has 0 bridgehead atoms. The van der Waals surface area contributed by atoms with Crippen molar-refractivity contribution >= 4 is 11.8 Å². The quantitative estimate of drug-likeness (QED) is 0.509. The molecule has 0 saturated heterocycles. The summed E-state index contributed by atoms with van der Waals surface area (Å²) < 4.78 is 0. The molecule has 0 spiro atoms. The average molecular weight is 164 g/mol. The van der Waals surface area contributed by atoms with E-state index in [1.165, 1.54) is 32.1 Å². The van der Waals surface area contributed by atoms with Gasteiger partial charge in [0.2, 0.25) is 0 Å². The first-order valence-electron chi connectivity index (χ1n) is 3.91. The number of nitrogens with one attached hydrogen (secondary N) is 1. The van der Waals surface area contributed by atoms with Crippen LogP contribution in [0.4, 0.5) is 0 Å². The zero-order valence-corrected chi connectivity index (χ0v) is 6.86. The van der Waals surface area contributed by atoms with Crippen LogP contribution < -0.4 is 5.00 Å². The summed E-state index contributed by atoms with van der Waals surface area (Å²) in [6.07, 6.45) is 6.72. The van der Waals surface area contributed by atoms with Gasteiger partial charge in [-0.3, -0.25) is 4.84 Å². The lowest BCUT2D eigenvalue weighted by Gasteiger charge is -2.20. The highest BCUT2D eigenvalue weighted by molar-refractivity contribution is 6.12. The molecule has 1 fully saturated rings. The first-order valence-corrected chi connectivity index (χ1v) is 4.28. The maximum Gasteiger partial charge on any atom is 0.0725 e. The van der Waals surface area contributed by atoms with Crippen LogP contribution in [0.1, 0.15) is 32.1 Å². The second-order valence-electron chi connectivity index (χ2n) is 2.89. The van der Waals surface area contributed by atoms with Gasteiger partial charge in [0.25, 0.3) is 0 Å². The normalized spacial score (nSPS) is 21.3. The number of hydrogen-bond acceptors (Lipinski definition) is 2. The van der Waals surface area contributed by atoms with Crippen molar-refractivity contribution in [2.75, 3.05) is 6.61 Å². The third-order valence-corrected chi connectivity index (χ3v) is 2.21. The van der Waals surface area contributed by atoms with Gasteiger partial charge in [-0.05, 0) is 18.8 Å². The lowest BCUT2D eigenvalue weighted by atomic mass is 9.90. The minimum absolute atomic E-state index is 0.736. The van der Waals surface area contributed by atoms with Crippen LogP contribution in [0.2, 0.25) is 0 Å². The lowest BCUT2D eigenvalue weighted by molar-refractivity contribution is 0.0533. The molecule has 0 aromatic carbocycles. The van der Waals surface area contributed by atoms with E-state index < -0.39 is 0 Å². The Morgan fingerprint density at radius 2 is 2.00 bits per heavy atom.